The summed E-state index contributed by atoms with van der Waals surface area (Å²) in [5, 5.41) is 2.68. The van der Waals surface area contributed by atoms with Crippen molar-refractivity contribution in [3.63, 3.8) is 0 Å². The number of hydrogen-bond acceptors (Lipinski definition) is 5. The van der Waals surface area contributed by atoms with Crippen molar-refractivity contribution in [3.8, 4) is 34.0 Å². The van der Waals surface area contributed by atoms with E-state index in [1.165, 1.54) is 77.4 Å². The van der Waals surface area contributed by atoms with Crippen molar-refractivity contribution in [2.75, 3.05) is 4.90 Å². The Bertz CT molecular complexity index is 3920. The summed E-state index contributed by atoms with van der Waals surface area (Å²) < 4.78 is 17.2. The van der Waals surface area contributed by atoms with Gasteiger partial charge in [0.25, 0.3) is 0 Å². The molecule has 11 aromatic rings. The van der Waals surface area contributed by atoms with Crippen LogP contribution in [0.2, 0.25) is 0 Å². The summed E-state index contributed by atoms with van der Waals surface area (Å²) in [6.07, 6.45) is 0. The molecule has 1 aliphatic carbocycles. The Morgan fingerprint density at radius 1 is 0.406 bits per heavy atom. The average molecular weight is 1010 g/mol. The molecule has 0 radical (unpaired) electrons. The Kier molecular flexibility index (Phi) is 8.49. The third-order valence-corrected chi connectivity index (χ3v) is 21.7. The van der Waals surface area contributed by atoms with Gasteiger partial charge in [-0.3, -0.25) is 0 Å². The zero-order valence-corrected chi connectivity index (χ0v) is 41.5. The first kappa shape index (κ1) is 40.7. The van der Waals surface area contributed by atoms with Gasteiger partial charge in [0.05, 0.1) is 0 Å². The van der Waals surface area contributed by atoms with E-state index in [4.69, 9.17) is 18.8 Å². The molecule has 9 aromatic carbocycles. The van der Waals surface area contributed by atoms with Crippen LogP contribution in [0.5, 0.6) is 0 Å². The van der Waals surface area contributed by atoms with Crippen LogP contribution in [0.3, 0.4) is 0 Å². The normalized spacial score (nSPS) is 16.2. The molecule has 69 heavy (non-hydrogen) atoms. The average Bonchev–Trinajstić information content (AvgIpc) is 4.07. The topological polar surface area (TPSA) is 55.3 Å². The molecule has 14 rings (SSSR count). The molecule has 0 bridgehead atoms. The number of hydrogen-bond donors (Lipinski definition) is 0. The molecule has 0 fully saturated rings. The van der Waals surface area contributed by atoms with Crippen molar-refractivity contribution in [3.05, 3.63) is 226 Å². The second-order valence-electron chi connectivity index (χ2n) is 20.4. The summed E-state index contributed by atoms with van der Waals surface area (Å²) in [6, 6.07) is 67.1. The third kappa shape index (κ3) is 5.75. The van der Waals surface area contributed by atoms with Crippen molar-refractivity contribution in [1.29, 1.82) is 0 Å². The molecule has 5 nitrogen and oxygen atoms in total. The fourth-order valence-electron chi connectivity index (χ4n) is 11.8. The standard InChI is InChI=1S/C63H48IN3O2/c1-61(2)43-19-9-11-21-49(43)64(50-31-27-37(33-46(50)61)59-65-52-22-12-15-25-56(52)68-59)51-36-48-58(41-18-8-7-17-40(41)51)42-30-29-39(35-45(42)63(48,5)6)67-54-24-14-10-20-44(54)62(3,4)47-34-38(28-32-55(47)67)60-66-53-23-13-16-26-57(53)69-60/h7-36H,1-6H3. The number of rotatable bonds is 4. The van der Waals surface area contributed by atoms with Crippen molar-refractivity contribution in [1.82, 2.24) is 9.97 Å². The number of oxazole rings is 2. The zero-order chi connectivity index (χ0) is 46.6. The minimum atomic E-state index is -2.34. The van der Waals surface area contributed by atoms with E-state index < -0.39 is 19.8 Å². The number of para-hydroxylation sites is 5. The van der Waals surface area contributed by atoms with E-state index in [-0.39, 0.29) is 16.2 Å². The molecule has 0 unspecified atom stereocenters. The number of nitrogens with zero attached hydrogens (tertiary/aromatic N) is 3. The Morgan fingerprint density at radius 2 is 0.957 bits per heavy atom. The second-order valence-corrected chi connectivity index (χ2v) is 25.6. The van der Waals surface area contributed by atoms with Crippen molar-refractivity contribution in [2.45, 2.75) is 57.8 Å². The van der Waals surface area contributed by atoms with Crippen molar-refractivity contribution >= 4 is 69.9 Å². The first-order chi connectivity index (χ1) is 33.5. The van der Waals surface area contributed by atoms with Gasteiger partial charge in [0.15, 0.2) is 5.58 Å². The fourth-order valence-corrected chi connectivity index (χ4v) is 19.3. The summed E-state index contributed by atoms with van der Waals surface area (Å²) in [5.41, 5.74) is 18.8. The molecule has 2 aliphatic heterocycles. The van der Waals surface area contributed by atoms with E-state index in [1.807, 2.05) is 48.5 Å². The Morgan fingerprint density at radius 3 is 1.68 bits per heavy atom. The molecule has 334 valence electrons. The molecule has 0 atom stereocenters. The maximum atomic E-state index is 6.37. The van der Waals surface area contributed by atoms with Crippen molar-refractivity contribution in [2.24, 2.45) is 0 Å². The summed E-state index contributed by atoms with van der Waals surface area (Å²) in [4.78, 5) is 12.3. The maximum absolute atomic E-state index is 6.37. The van der Waals surface area contributed by atoms with Gasteiger partial charge in [-0.25, -0.2) is 4.98 Å². The fraction of sp³-hybridized carbons (Fsp3) is 0.143. The molecule has 0 amide bonds. The molecule has 0 saturated heterocycles. The molecular formula is C63H48IN3O2. The summed E-state index contributed by atoms with van der Waals surface area (Å²) >= 11 is -2.34. The monoisotopic (exact) mass is 1010 g/mol. The van der Waals surface area contributed by atoms with Crippen LogP contribution < -0.4 is 4.90 Å². The summed E-state index contributed by atoms with van der Waals surface area (Å²) in [7, 11) is 0. The molecule has 0 saturated carbocycles. The molecule has 3 aliphatic rings. The number of aromatic nitrogens is 2. The Balaban J connectivity index is 0.926. The second kappa shape index (κ2) is 14.4. The van der Waals surface area contributed by atoms with Gasteiger partial charge >= 0.3 is 361 Å². The predicted molar refractivity (Wildman–Crippen MR) is 289 cm³/mol. The molecule has 0 N–H and O–H groups in total. The molecule has 0 spiro atoms. The summed E-state index contributed by atoms with van der Waals surface area (Å²) in [5.74, 6) is 1.31. The molecule has 4 heterocycles. The molecule has 2 aromatic heterocycles. The van der Waals surface area contributed by atoms with Crippen LogP contribution in [-0.4, -0.2) is 9.97 Å². The predicted octanol–water partition coefficient (Wildman–Crippen LogP) is 16.9. The van der Waals surface area contributed by atoms with E-state index in [0.29, 0.717) is 11.8 Å². The number of halogens is 1. The van der Waals surface area contributed by atoms with Crippen LogP contribution in [0.15, 0.2) is 191 Å². The van der Waals surface area contributed by atoms with Gasteiger partial charge in [-0.05, 0) is 12.1 Å². The van der Waals surface area contributed by atoms with E-state index >= 15 is 0 Å². The van der Waals surface area contributed by atoms with E-state index in [1.54, 1.807) is 0 Å². The number of anilines is 3. The van der Waals surface area contributed by atoms with E-state index in [9.17, 15) is 0 Å². The van der Waals surface area contributed by atoms with Crippen molar-refractivity contribution < 1.29 is 8.83 Å². The van der Waals surface area contributed by atoms with Gasteiger partial charge in [-0.1, -0.05) is 12.1 Å². The SMILES string of the molecule is CC1(C)c2ccccc2N(c2ccc3c(c2)C(C)(C)c2cc(I4c5ccccc5C(C)(C)c5cc(-c6nc7ccccc7o6)ccc54)c4ccccc4c2-3)c2ccc(-c3nc4ccccc4o3)cc21. The van der Waals surface area contributed by atoms with Crippen LogP contribution >= 0.6 is 19.8 Å². The summed E-state index contributed by atoms with van der Waals surface area (Å²) in [6.45, 7) is 14.3. The van der Waals surface area contributed by atoms with Crippen LogP contribution in [0, 0.1) is 10.7 Å². The van der Waals surface area contributed by atoms with Crippen LogP contribution in [0.4, 0.5) is 17.1 Å². The van der Waals surface area contributed by atoms with E-state index in [2.05, 4.69) is 180 Å². The van der Waals surface area contributed by atoms with Gasteiger partial charge in [0.1, 0.15) is 5.52 Å². The quantitative estimate of drug-likeness (QED) is 0.164. The van der Waals surface area contributed by atoms with Gasteiger partial charge < -0.3 is 4.42 Å². The van der Waals surface area contributed by atoms with Gasteiger partial charge in [0, 0.05) is 0 Å². The number of fused-ring (bicyclic) bond motifs is 11. The molecule has 6 heteroatoms. The first-order valence-electron chi connectivity index (χ1n) is 23.9. The Labute approximate surface area is 408 Å². The number of benzene rings is 9. The van der Waals surface area contributed by atoms with E-state index in [0.717, 1.165) is 39.0 Å². The first-order valence-corrected chi connectivity index (χ1v) is 27.1. The van der Waals surface area contributed by atoms with Gasteiger partial charge in [0.2, 0.25) is 5.89 Å². The van der Waals surface area contributed by atoms with Crippen LogP contribution in [-0.2, 0) is 16.2 Å². The molecular weight excluding hydrogens is 958 g/mol. The third-order valence-electron chi connectivity index (χ3n) is 15.5. The van der Waals surface area contributed by atoms with Crippen LogP contribution in [0.1, 0.15) is 74.9 Å². The Hall–Kier alpha value is -7.29. The zero-order valence-electron chi connectivity index (χ0n) is 39.4. The van der Waals surface area contributed by atoms with Gasteiger partial charge in [-0.2, -0.15) is 0 Å². The van der Waals surface area contributed by atoms with Crippen LogP contribution in [0.25, 0.3) is 67.0 Å². The minimum absolute atomic E-state index is 0.215. The van der Waals surface area contributed by atoms with Gasteiger partial charge in [-0.15, -0.1) is 0 Å².